The van der Waals surface area contributed by atoms with E-state index in [1.54, 1.807) is 0 Å². The summed E-state index contributed by atoms with van der Waals surface area (Å²) >= 11 is 0. The highest BCUT2D eigenvalue weighted by Gasteiger charge is 2.95. The van der Waals surface area contributed by atoms with Crippen LogP contribution in [0.15, 0.2) is 49.1 Å². The summed E-state index contributed by atoms with van der Waals surface area (Å²) in [6.45, 7) is 7.64. The van der Waals surface area contributed by atoms with E-state index in [1.807, 2.05) is 0 Å². The Morgan fingerprint density at radius 2 is 1.19 bits per heavy atom. The summed E-state index contributed by atoms with van der Waals surface area (Å²) in [5.74, 6) is -57.4. The lowest BCUT2D eigenvalue weighted by atomic mass is 9.88. The Hall–Kier alpha value is -3.12. The van der Waals surface area contributed by atoms with Gasteiger partial charge >= 0.3 is 53.6 Å². The van der Waals surface area contributed by atoms with Gasteiger partial charge in [0.15, 0.2) is 8.32 Å². The van der Waals surface area contributed by atoms with Crippen LogP contribution in [0.2, 0.25) is 17.1 Å². The van der Waals surface area contributed by atoms with E-state index in [-0.39, 0.29) is 17.9 Å². The molecule has 0 saturated heterocycles. The standard InChI is InChI=1S/C33H39F17O6Si/c1-7-15-55-24(51)13-12-23(53-6)25(52)21-8-10-22(11-9-21)54-16-17-56-57(19(2)3,20(4)5)18-14-26(34,35)27(36,37)28(38,39)29(40,41)30(42,43)31(44,45)32(46,47)33(48,49)50/h7-13,19-20,23,25,52H,1,14-18H2,2-6H3/b13-12+/t23-,25-/m0/s1. The molecule has 0 aromatic heterocycles. The van der Waals surface area contributed by atoms with E-state index in [4.69, 9.17) is 18.6 Å². The molecule has 0 spiro atoms. The minimum atomic E-state index is -8.69. The van der Waals surface area contributed by atoms with Crippen LogP contribution < -0.4 is 4.74 Å². The molecule has 1 N–H and O–H groups in total. The van der Waals surface area contributed by atoms with Gasteiger partial charge in [-0.3, -0.25) is 0 Å². The summed E-state index contributed by atoms with van der Waals surface area (Å²) in [5.41, 5.74) is -1.48. The molecule has 0 fully saturated rings. The molecule has 0 amide bonds. The smallest absolute Gasteiger partial charge is 0.460 e. The highest BCUT2D eigenvalue weighted by atomic mass is 28.4. The van der Waals surface area contributed by atoms with Gasteiger partial charge < -0.3 is 23.7 Å². The Bertz CT molecular complexity index is 1490. The van der Waals surface area contributed by atoms with E-state index in [9.17, 15) is 84.5 Å². The number of hydrogen-bond acceptors (Lipinski definition) is 6. The average Bonchev–Trinajstić information content (AvgIpc) is 3.09. The first-order chi connectivity index (χ1) is 25.6. The van der Waals surface area contributed by atoms with Crippen LogP contribution >= 0.6 is 0 Å². The largest absolute Gasteiger partial charge is 0.491 e. The highest BCUT2D eigenvalue weighted by Crippen LogP contribution is 2.64. The van der Waals surface area contributed by atoms with E-state index in [2.05, 4.69) is 6.58 Å². The van der Waals surface area contributed by atoms with Gasteiger partial charge in [-0.1, -0.05) is 52.5 Å². The van der Waals surface area contributed by atoms with Crippen molar-refractivity contribution in [2.24, 2.45) is 0 Å². The fourth-order valence-corrected chi connectivity index (χ4v) is 9.84. The molecule has 0 heterocycles. The molecule has 0 aliphatic carbocycles. The van der Waals surface area contributed by atoms with Crippen molar-refractivity contribution in [3.63, 3.8) is 0 Å². The normalized spacial score (nSPS) is 15.7. The number of benzene rings is 1. The molecule has 1 aromatic rings. The lowest BCUT2D eigenvalue weighted by molar-refractivity contribution is -0.461. The number of hydrogen-bond donors (Lipinski definition) is 1. The summed E-state index contributed by atoms with van der Waals surface area (Å²) in [4.78, 5) is 11.7. The highest BCUT2D eigenvalue weighted by molar-refractivity contribution is 6.76. The maximum absolute atomic E-state index is 14.9. The maximum Gasteiger partial charge on any atom is 0.460 e. The molecule has 330 valence electrons. The number of ether oxygens (including phenoxy) is 3. The van der Waals surface area contributed by atoms with Gasteiger partial charge in [0.2, 0.25) is 0 Å². The number of rotatable bonds is 23. The van der Waals surface area contributed by atoms with Crippen molar-refractivity contribution >= 4 is 14.3 Å². The molecule has 0 radical (unpaired) electrons. The van der Waals surface area contributed by atoms with Crippen LogP contribution in [-0.2, 0) is 18.7 Å². The molecule has 24 heteroatoms. The maximum atomic E-state index is 14.9. The molecule has 6 nitrogen and oxygen atoms in total. The van der Waals surface area contributed by atoms with E-state index in [0.717, 1.165) is 6.08 Å². The quantitative estimate of drug-likeness (QED) is 0.0295. The summed E-state index contributed by atoms with van der Waals surface area (Å²) in [6, 6.07) is 4.10. The number of alkyl halides is 17. The van der Waals surface area contributed by atoms with Crippen LogP contribution in [0.4, 0.5) is 74.6 Å². The zero-order chi connectivity index (χ0) is 44.9. The molecule has 0 aliphatic heterocycles. The molecule has 0 bridgehead atoms. The van der Waals surface area contributed by atoms with Crippen LogP contribution in [0, 0.1) is 0 Å². The number of esters is 1. The molecule has 0 saturated carbocycles. The van der Waals surface area contributed by atoms with Gasteiger partial charge in [0, 0.05) is 19.6 Å². The Kier molecular flexibility index (Phi) is 16.8. The van der Waals surface area contributed by atoms with Gasteiger partial charge in [-0.05, 0) is 40.9 Å². The molecule has 0 unspecified atom stereocenters. The first kappa shape index (κ1) is 51.9. The topological polar surface area (TPSA) is 74.2 Å². The van der Waals surface area contributed by atoms with E-state index < -0.39 is 111 Å². The number of methoxy groups -OCH3 is 1. The van der Waals surface area contributed by atoms with Crippen molar-refractivity contribution in [3.05, 3.63) is 54.6 Å². The van der Waals surface area contributed by atoms with Crippen LogP contribution in [-0.4, -0.2) is 100 Å². The predicted octanol–water partition coefficient (Wildman–Crippen LogP) is 10.6. The minimum absolute atomic E-state index is 0.0658. The van der Waals surface area contributed by atoms with E-state index >= 15 is 0 Å². The fourth-order valence-electron chi connectivity index (χ4n) is 5.37. The lowest BCUT2D eigenvalue weighted by Gasteiger charge is -2.44. The Labute approximate surface area is 316 Å². The summed E-state index contributed by atoms with van der Waals surface area (Å²) in [5, 5.41) is 10.6. The molecule has 0 aliphatic rings. The second kappa shape index (κ2) is 18.4. The number of carbonyl (C=O) groups excluding carboxylic acids is 1. The first-order valence-corrected chi connectivity index (χ1v) is 18.6. The SMILES string of the molecule is C=CCOC(=O)/C=C/[C@H](OC)[C@@H](O)c1ccc(OCCO[Si](CCC(F)(F)C(F)(F)C(F)(F)C(F)(F)C(F)(F)C(F)(F)C(F)(F)C(F)(F)F)(C(C)C)C(C)C)cc1. The van der Waals surface area contributed by atoms with Crippen LogP contribution in [0.3, 0.4) is 0 Å². The van der Waals surface area contributed by atoms with Crippen LogP contribution in [0.25, 0.3) is 0 Å². The van der Waals surface area contributed by atoms with Crippen molar-refractivity contribution < 1.29 is 103 Å². The van der Waals surface area contributed by atoms with Crippen LogP contribution in [0.1, 0.15) is 45.8 Å². The van der Waals surface area contributed by atoms with E-state index in [0.29, 0.717) is 0 Å². The number of halogens is 17. The van der Waals surface area contributed by atoms with Crippen LogP contribution in [0.5, 0.6) is 5.75 Å². The third-order valence-electron chi connectivity index (χ3n) is 8.86. The van der Waals surface area contributed by atoms with Crippen molar-refractivity contribution in [2.75, 3.05) is 26.9 Å². The summed E-state index contributed by atoms with van der Waals surface area (Å²) in [6.07, 6.45) is -9.16. The average molecular weight is 883 g/mol. The van der Waals surface area contributed by atoms with Gasteiger partial charge in [0.1, 0.15) is 31.2 Å². The molecular formula is C33H39F17O6Si. The van der Waals surface area contributed by atoms with Crippen molar-refractivity contribution in [1.29, 1.82) is 0 Å². The van der Waals surface area contributed by atoms with Crippen molar-refractivity contribution in [3.8, 4) is 5.75 Å². The zero-order valence-electron chi connectivity index (χ0n) is 30.5. The monoisotopic (exact) mass is 882 g/mol. The predicted molar refractivity (Wildman–Crippen MR) is 170 cm³/mol. The third-order valence-corrected chi connectivity index (χ3v) is 14.5. The fraction of sp³-hybridized carbons (Fsp3) is 0.667. The van der Waals surface area contributed by atoms with Gasteiger partial charge in [-0.25, -0.2) is 4.79 Å². The van der Waals surface area contributed by atoms with Crippen molar-refractivity contribution in [2.45, 2.75) is 111 Å². The number of aliphatic hydroxyl groups is 1. The van der Waals surface area contributed by atoms with Gasteiger partial charge in [0.25, 0.3) is 0 Å². The van der Waals surface area contributed by atoms with E-state index in [1.165, 1.54) is 71.2 Å². The Morgan fingerprint density at radius 3 is 1.61 bits per heavy atom. The second-order valence-corrected chi connectivity index (χ2v) is 18.1. The van der Waals surface area contributed by atoms with Gasteiger partial charge in [-0.15, -0.1) is 0 Å². The Balaban J connectivity index is 3.21. The summed E-state index contributed by atoms with van der Waals surface area (Å²) in [7, 11) is -2.73. The molecular weight excluding hydrogens is 843 g/mol. The number of carbonyl (C=O) groups is 1. The minimum Gasteiger partial charge on any atom is -0.491 e. The Morgan fingerprint density at radius 1 is 0.737 bits per heavy atom. The van der Waals surface area contributed by atoms with Crippen molar-refractivity contribution in [1.82, 2.24) is 0 Å². The second-order valence-electron chi connectivity index (χ2n) is 13.1. The molecule has 1 rings (SSSR count). The van der Waals surface area contributed by atoms with Gasteiger partial charge in [-0.2, -0.15) is 74.6 Å². The molecule has 57 heavy (non-hydrogen) atoms. The lowest BCUT2D eigenvalue weighted by Crippen LogP contribution is -2.74. The first-order valence-electron chi connectivity index (χ1n) is 16.4. The summed E-state index contributed by atoms with van der Waals surface area (Å²) < 4.78 is 255. The molecule has 1 aromatic carbocycles. The zero-order valence-corrected chi connectivity index (χ0v) is 31.5. The van der Waals surface area contributed by atoms with Gasteiger partial charge in [0.05, 0.1) is 6.61 Å². The third kappa shape index (κ3) is 10.2. The number of aliphatic hydroxyl groups excluding tert-OH is 1. The molecule has 2 atom stereocenters.